The quantitative estimate of drug-likeness (QED) is 0.900. The molecule has 0 unspecified atom stereocenters. The summed E-state index contributed by atoms with van der Waals surface area (Å²) in [5, 5.41) is 11.3. The van der Waals surface area contributed by atoms with Crippen molar-refractivity contribution in [1.82, 2.24) is 5.32 Å². The van der Waals surface area contributed by atoms with Crippen LogP contribution in [0.1, 0.15) is 31.2 Å². The highest BCUT2D eigenvalue weighted by Gasteiger charge is 2.57. The summed E-state index contributed by atoms with van der Waals surface area (Å²) in [7, 11) is 0. The Morgan fingerprint density at radius 2 is 1.86 bits per heavy atom. The molecule has 22 heavy (non-hydrogen) atoms. The molecule has 7 heteroatoms. The largest absolute Gasteiger partial charge is 0.445 e. The van der Waals surface area contributed by atoms with E-state index in [0.29, 0.717) is 5.56 Å². The van der Waals surface area contributed by atoms with Gasteiger partial charge in [0.25, 0.3) is 0 Å². The number of halogens is 3. The average molecular weight is 317 g/mol. The fraction of sp³-hybridized carbons (Fsp3) is 0.533. The van der Waals surface area contributed by atoms with Gasteiger partial charge in [-0.1, -0.05) is 30.3 Å². The van der Waals surface area contributed by atoms with Gasteiger partial charge in [-0.15, -0.1) is 0 Å². The summed E-state index contributed by atoms with van der Waals surface area (Å²) in [5.74, 6) is 0. The highest BCUT2D eigenvalue weighted by molar-refractivity contribution is 5.68. The topological polar surface area (TPSA) is 58.6 Å². The smallest absolute Gasteiger partial charge is 0.411 e. The lowest BCUT2D eigenvalue weighted by molar-refractivity contribution is -0.207. The lowest BCUT2D eigenvalue weighted by Crippen LogP contribution is -2.60. The van der Waals surface area contributed by atoms with Crippen LogP contribution in [0.3, 0.4) is 0 Å². The third kappa shape index (κ3) is 3.91. The zero-order chi connectivity index (χ0) is 16.2. The van der Waals surface area contributed by atoms with Crippen molar-refractivity contribution in [2.45, 2.75) is 50.1 Å². The van der Waals surface area contributed by atoms with Crippen LogP contribution in [0.5, 0.6) is 0 Å². The van der Waals surface area contributed by atoms with Crippen molar-refractivity contribution in [3.63, 3.8) is 0 Å². The van der Waals surface area contributed by atoms with Gasteiger partial charge < -0.3 is 15.2 Å². The van der Waals surface area contributed by atoms with Gasteiger partial charge in [0.2, 0.25) is 0 Å². The van der Waals surface area contributed by atoms with E-state index < -0.39 is 23.9 Å². The van der Waals surface area contributed by atoms with Crippen molar-refractivity contribution in [2.75, 3.05) is 0 Å². The molecule has 0 bridgehead atoms. The molecule has 1 amide bonds. The number of aliphatic hydroxyl groups is 1. The number of rotatable bonds is 3. The van der Waals surface area contributed by atoms with Crippen LogP contribution in [-0.4, -0.2) is 29.0 Å². The van der Waals surface area contributed by atoms with Crippen LogP contribution in [0.2, 0.25) is 0 Å². The number of alkyl carbamates (subject to hydrolysis) is 1. The number of carbonyl (C=O) groups is 1. The van der Waals surface area contributed by atoms with Crippen molar-refractivity contribution in [3.8, 4) is 0 Å². The van der Waals surface area contributed by atoms with Crippen molar-refractivity contribution in [2.24, 2.45) is 0 Å². The van der Waals surface area contributed by atoms with Gasteiger partial charge in [0.15, 0.2) is 0 Å². The van der Waals surface area contributed by atoms with Gasteiger partial charge in [-0.05, 0) is 31.2 Å². The highest BCUT2D eigenvalue weighted by atomic mass is 19.4. The maximum absolute atomic E-state index is 13.3. The molecule has 4 nitrogen and oxygen atoms in total. The molecule has 0 aromatic heterocycles. The molecule has 0 atom stereocenters. The molecule has 1 saturated carbocycles. The summed E-state index contributed by atoms with van der Waals surface area (Å²) in [4.78, 5) is 11.7. The third-order valence-electron chi connectivity index (χ3n) is 3.91. The van der Waals surface area contributed by atoms with Crippen LogP contribution in [0.15, 0.2) is 30.3 Å². The number of alkyl halides is 3. The van der Waals surface area contributed by atoms with Gasteiger partial charge in [-0.3, -0.25) is 0 Å². The number of hydrogen-bond acceptors (Lipinski definition) is 3. The molecule has 0 saturated heterocycles. The third-order valence-corrected chi connectivity index (χ3v) is 3.91. The van der Waals surface area contributed by atoms with E-state index in [1.165, 1.54) is 0 Å². The van der Waals surface area contributed by atoms with Crippen molar-refractivity contribution in [1.29, 1.82) is 0 Å². The normalized spacial score (nSPS) is 25.5. The van der Waals surface area contributed by atoms with Crippen LogP contribution < -0.4 is 5.32 Å². The Hall–Kier alpha value is -1.76. The van der Waals surface area contributed by atoms with Gasteiger partial charge in [0, 0.05) is 0 Å². The predicted molar refractivity (Wildman–Crippen MR) is 73.0 cm³/mol. The van der Waals surface area contributed by atoms with Gasteiger partial charge in [-0.25, -0.2) is 4.79 Å². The highest BCUT2D eigenvalue weighted by Crippen LogP contribution is 2.41. The molecule has 0 spiro atoms. The van der Waals surface area contributed by atoms with E-state index in [-0.39, 0.29) is 32.3 Å². The molecule has 0 aliphatic heterocycles. The molecule has 1 aromatic rings. The summed E-state index contributed by atoms with van der Waals surface area (Å²) < 4.78 is 44.8. The SMILES string of the molecule is O=C(NC1(C(F)(F)F)CCC(O)CC1)OCc1ccccc1. The van der Waals surface area contributed by atoms with E-state index in [2.05, 4.69) is 0 Å². The number of ether oxygens (including phenoxy) is 1. The Morgan fingerprint density at radius 3 is 2.41 bits per heavy atom. The maximum Gasteiger partial charge on any atom is 0.411 e. The van der Waals surface area contributed by atoms with E-state index in [1.807, 2.05) is 5.32 Å². The average Bonchev–Trinajstić information content (AvgIpc) is 2.48. The number of nitrogens with one attached hydrogen (secondary N) is 1. The van der Waals surface area contributed by atoms with E-state index in [1.54, 1.807) is 30.3 Å². The number of amides is 1. The van der Waals surface area contributed by atoms with Gasteiger partial charge >= 0.3 is 12.3 Å². The van der Waals surface area contributed by atoms with Gasteiger partial charge in [-0.2, -0.15) is 13.2 Å². The molecule has 0 radical (unpaired) electrons. The molecule has 0 heterocycles. The second-order valence-electron chi connectivity index (χ2n) is 5.50. The molecule has 1 aliphatic carbocycles. The fourth-order valence-corrected chi connectivity index (χ4v) is 2.53. The Labute approximate surface area is 126 Å². The molecular weight excluding hydrogens is 299 g/mol. The Kier molecular flexibility index (Phi) is 4.95. The lowest BCUT2D eigenvalue weighted by Gasteiger charge is -2.40. The summed E-state index contributed by atoms with van der Waals surface area (Å²) in [5.41, 5.74) is -1.63. The predicted octanol–water partition coefficient (Wildman–Crippen LogP) is 3.15. The van der Waals surface area contributed by atoms with E-state index in [0.717, 1.165) is 0 Å². The second kappa shape index (κ2) is 6.56. The van der Waals surface area contributed by atoms with E-state index in [4.69, 9.17) is 4.74 Å². The van der Waals surface area contributed by atoms with Gasteiger partial charge in [0.1, 0.15) is 12.1 Å². The first kappa shape index (κ1) is 16.6. The number of benzene rings is 1. The zero-order valence-electron chi connectivity index (χ0n) is 11.9. The van der Waals surface area contributed by atoms with E-state index in [9.17, 15) is 23.1 Å². The summed E-state index contributed by atoms with van der Waals surface area (Å²) in [6.07, 6.45) is -7.14. The minimum atomic E-state index is -4.58. The van der Waals surface area contributed by atoms with Crippen molar-refractivity contribution < 1.29 is 27.8 Å². The lowest BCUT2D eigenvalue weighted by atomic mass is 9.80. The second-order valence-corrected chi connectivity index (χ2v) is 5.50. The van der Waals surface area contributed by atoms with Crippen LogP contribution >= 0.6 is 0 Å². The van der Waals surface area contributed by atoms with Crippen molar-refractivity contribution >= 4 is 6.09 Å². The van der Waals surface area contributed by atoms with Gasteiger partial charge in [0.05, 0.1) is 6.10 Å². The molecule has 2 N–H and O–H groups in total. The van der Waals surface area contributed by atoms with Crippen molar-refractivity contribution in [3.05, 3.63) is 35.9 Å². The van der Waals surface area contributed by atoms with Crippen LogP contribution in [0.25, 0.3) is 0 Å². The number of aliphatic hydroxyl groups excluding tert-OH is 1. The summed E-state index contributed by atoms with van der Waals surface area (Å²) in [6, 6.07) is 8.70. The first-order valence-electron chi connectivity index (χ1n) is 7.06. The fourth-order valence-electron chi connectivity index (χ4n) is 2.53. The van der Waals surface area contributed by atoms with E-state index >= 15 is 0 Å². The first-order chi connectivity index (χ1) is 10.3. The zero-order valence-corrected chi connectivity index (χ0v) is 11.9. The Morgan fingerprint density at radius 1 is 1.27 bits per heavy atom. The van der Waals surface area contributed by atoms with Crippen LogP contribution in [0.4, 0.5) is 18.0 Å². The minimum absolute atomic E-state index is 0.00151. The molecule has 2 rings (SSSR count). The molecule has 122 valence electrons. The maximum atomic E-state index is 13.3. The standard InChI is InChI=1S/C15H18F3NO3/c16-15(17,18)14(8-6-12(20)7-9-14)19-13(21)22-10-11-4-2-1-3-5-11/h1-5,12,20H,6-10H2,(H,19,21). The molecule has 1 fully saturated rings. The monoisotopic (exact) mass is 317 g/mol. The number of hydrogen-bond donors (Lipinski definition) is 2. The number of carbonyl (C=O) groups excluding carboxylic acids is 1. The molecule has 1 aromatic carbocycles. The Bertz CT molecular complexity index is 497. The minimum Gasteiger partial charge on any atom is -0.445 e. The summed E-state index contributed by atoms with van der Waals surface area (Å²) >= 11 is 0. The Balaban J connectivity index is 1.97. The molecular formula is C15H18F3NO3. The molecule has 1 aliphatic rings. The summed E-state index contributed by atoms with van der Waals surface area (Å²) in [6.45, 7) is -0.0940. The first-order valence-corrected chi connectivity index (χ1v) is 7.06. The van der Waals surface area contributed by atoms with Crippen LogP contribution in [0, 0.1) is 0 Å². The van der Waals surface area contributed by atoms with Crippen LogP contribution in [-0.2, 0) is 11.3 Å².